The highest BCUT2D eigenvalue weighted by atomic mass is 16.1. The molecule has 0 aliphatic carbocycles. The number of aromatic nitrogens is 2. The first kappa shape index (κ1) is 14.1. The summed E-state index contributed by atoms with van der Waals surface area (Å²) in [6, 6.07) is 5.79. The number of hydrogen-bond acceptors (Lipinski definition) is 3. The van der Waals surface area contributed by atoms with Gasteiger partial charge >= 0.3 is 0 Å². The number of nitrogens with one attached hydrogen (secondary N) is 3. The van der Waals surface area contributed by atoms with Gasteiger partial charge in [0.25, 0.3) is 0 Å². The Balaban J connectivity index is 1.62. The molecule has 112 valence electrons. The number of fused-ring (bicyclic) bond motifs is 1. The zero-order chi connectivity index (χ0) is 14.7. The molecule has 1 amide bonds. The highest BCUT2D eigenvalue weighted by molar-refractivity contribution is 6.00. The Morgan fingerprint density at radius 1 is 1.52 bits per heavy atom. The van der Waals surface area contributed by atoms with Crippen LogP contribution < -0.4 is 10.6 Å². The average molecular weight is 286 g/mol. The van der Waals surface area contributed by atoms with E-state index in [-0.39, 0.29) is 5.91 Å². The van der Waals surface area contributed by atoms with E-state index in [0.29, 0.717) is 18.3 Å². The average Bonchev–Trinajstić information content (AvgIpc) is 2.97. The van der Waals surface area contributed by atoms with Crippen molar-refractivity contribution in [2.75, 3.05) is 18.4 Å². The van der Waals surface area contributed by atoms with E-state index in [0.717, 1.165) is 29.7 Å². The van der Waals surface area contributed by atoms with Gasteiger partial charge in [0.2, 0.25) is 5.91 Å². The standard InChI is InChI=1S/C16H22N4O/c1-11(12-4-3-7-17-9-12)8-16(21)19-14-5-2-6-15-13(14)10-18-20-15/h2,5-6,10-12,17H,3-4,7-9H2,1H3,(H,18,20)(H,19,21). The number of aromatic amines is 1. The van der Waals surface area contributed by atoms with Gasteiger partial charge in [-0.15, -0.1) is 0 Å². The summed E-state index contributed by atoms with van der Waals surface area (Å²) in [7, 11) is 0. The normalized spacial score (nSPS) is 20.3. The quantitative estimate of drug-likeness (QED) is 0.809. The SMILES string of the molecule is CC(CC(=O)Nc1cccc2[nH]ncc12)C1CCCNC1. The number of anilines is 1. The summed E-state index contributed by atoms with van der Waals surface area (Å²) in [5.41, 5.74) is 1.78. The minimum absolute atomic E-state index is 0.0850. The number of hydrogen-bond donors (Lipinski definition) is 3. The Bertz CT molecular complexity index is 616. The number of H-pyrrole nitrogens is 1. The van der Waals surface area contributed by atoms with E-state index < -0.39 is 0 Å². The maximum absolute atomic E-state index is 12.3. The smallest absolute Gasteiger partial charge is 0.224 e. The summed E-state index contributed by atoms with van der Waals surface area (Å²) in [4.78, 5) is 12.3. The van der Waals surface area contributed by atoms with E-state index in [9.17, 15) is 4.79 Å². The van der Waals surface area contributed by atoms with Crippen molar-refractivity contribution in [1.29, 1.82) is 0 Å². The third-order valence-corrected chi connectivity index (χ3v) is 4.41. The number of piperidine rings is 1. The van der Waals surface area contributed by atoms with Gasteiger partial charge in [0.1, 0.15) is 0 Å². The molecule has 5 heteroatoms. The van der Waals surface area contributed by atoms with E-state index in [1.807, 2.05) is 18.2 Å². The molecule has 0 spiro atoms. The van der Waals surface area contributed by atoms with Crippen LogP contribution in [-0.2, 0) is 4.79 Å². The Labute approximate surface area is 124 Å². The van der Waals surface area contributed by atoms with E-state index in [1.165, 1.54) is 12.8 Å². The molecule has 0 bridgehead atoms. The fourth-order valence-corrected chi connectivity index (χ4v) is 3.10. The second-order valence-electron chi connectivity index (χ2n) is 5.97. The van der Waals surface area contributed by atoms with Gasteiger partial charge in [-0.2, -0.15) is 5.10 Å². The van der Waals surface area contributed by atoms with Gasteiger partial charge in [-0.1, -0.05) is 13.0 Å². The molecule has 1 aromatic heterocycles. The first-order valence-electron chi connectivity index (χ1n) is 7.66. The van der Waals surface area contributed by atoms with E-state index in [1.54, 1.807) is 6.20 Å². The van der Waals surface area contributed by atoms with Crippen molar-refractivity contribution in [2.45, 2.75) is 26.2 Å². The number of benzene rings is 1. The van der Waals surface area contributed by atoms with E-state index in [4.69, 9.17) is 0 Å². The lowest BCUT2D eigenvalue weighted by molar-refractivity contribution is -0.117. The Morgan fingerprint density at radius 2 is 2.43 bits per heavy atom. The zero-order valence-corrected chi connectivity index (χ0v) is 12.4. The summed E-state index contributed by atoms with van der Waals surface area (Å²) in [6.07, 6.45) is 4.75. The zero-order valence-electron chi connectivity index (χ0n) is 12.4. The number of amides is 1. The summed E-state index contributed by atoms with van der Waals surface area (Å²) >= 11 is 0. The molecule has 0 radical (unpaired) electrons. The minimum atomic E-state index is 0.0850. The lowest BCUT2D eigenvalue weighted by Crippen LogP contribution is -2.34. The van der Waals surface area contributed by atoms with Gasteiger partial charge in [-0.25, -0.2) is 0 Å². The summed E-state index contributed by atoms with van der Waals surface area (Å²) in [6.45, 7) is 4.32. The fourth-order valence-electron chi connectivity index (χ4n) is 3.10. The van der Waals surface area contributed by atoms with Crippen LogP contribution in [0, 0.1) is 11.8 Å². The molecule has 1 aliphatic heterocycles. The topological polar surface area (TPSA) is 69.8 Å². The van der Waals surface area contributed by atoms with Crippen molar-refractivity contribution in [3.05, 3.63) is 24.4 Å². The van der Waals surface area contributed by atoms with Crippen molar-refractivity contribution in [3.8, 4) is 0 Å². The molecule has 21 heavy (non-hydrogen) atoms. The number of rotatable bonds is 4. The molecule has 1 aromatic carbocycles. The third-order valence-electron chi connectivity index (χ3n) is 4.41. The molecular formula is C16H22N4O. The number of carbonyl (C=O) groups is 1. The fraction of sp³-hybridized carbons (Fsp3) is 0.500. The van der Waals surface area contributed by atoms with Crippen LogP contribution in [0.25, 0.3) is 10.9 Å². The Kier molecular flexibility index (Phi) is 4.20. The van der Waals surface area contributed by atoms with Crippen molar-refractivity contribution >= 4 is 22.5 Å². The van der Waals surface area contributed by atoms with E-state index >= 15 is 0 Å². The summed E-state index contributed by atoms with van der Waals surface area (Å²) in [5.74, 6) is 1.09. The number of nitrogens with zero attached hydrogens (tertiary/aromatic N) is 1. The molecule has 2 heterocycles. The van der Waals surface area contributed by atoms with Crippen LogP contribution in [0.3, 0.4) is 0 Å². The molecule has 2 aromatic rings. The molecule has 1 saturated heterocycles. The minimum Gasteiger partial charge on any atom is -0.325 e. The summed E-state index contributed by atoms with van der Waals surface area (Å²) < 4.78 is 0. The van der Waals surface area contributed by atoms with Crippen LogP contribution in [0.15, 0.2) is 24.4 Å². The van der Waals surface area contributed by atoms with Crippen LogP contribution in [0.2, 0.25) is 0 Å². The predicted molar refractivity (Wildman–Crippen MR) is 84.1 cm³/mol. The largest absolute Gasteiger partial charge is 0.325 e. The lowest BCUT2D eigenvalue weighted by atomic mass is 9.85. The molecule has 3 rings (SSSR count). The Morgan fingerprint density at radius 3 is 3.24 bits per heavy atom. The van der Waals surface area contributed by atoms with Crippen molar-refractivity contribution in [1.82, 2.24) is 15.5 Å². The van der Waals surface area contributed by atoms with Crippen molar-refractivity contribution in [3.63, 3.8) is 0 Å². The van der Waals surface area contributed by atoms with Gasteiger partial charge < -0.3 is 10.6 Å². The van der Waals surface area contributed by atoms with Gasteiger partial charge in [0.15, 0.2) is 0 Å². The van der Waals surface area contributed by atoms with Gasteiger partial charge in [0.05, 0.1) is 17.4 Å². The first-order chi connectivity index (χ1) is 10.2. The van der Waals surface area contributed by atoms with Crippen LogP contribution in [0.4, 0.5) is 5.69 Å². The molecule has 1 fully saturated rings. The highest BCUT2D eigenvalue weighted by Crippen LogP contribution is 2.25. The van der Waals surface area contributed by atoms with Gasteiger partial charge in [-0.05, 0) is 49.9 Å². The summed E-state index contributed by atoms with van der Waals surface area (Å²) in [5, 5.41) is 14.3. The third kappa shape index (κ3) is 3.24. The molecule has 5 nitrogen and oxygen atoms in total. The van der Waals surface area contributed by atoms with E-state index in [2.05, 4.69) is 27.8 Å². The highest BCUT2D eigenvalue weighted by Gasteiger charge is 2.22. The number of carbonyl (C=O) groups excluding carboxylic acids is 1. The monoisotopic (exact) mass is 286 g/mol. The van der Waals surface area contributed by atoms with Crippen molar-refractivity contribution < 1.29 is 4.79 Å². The van der Waals surface area contributed by atoms with Crippen LogP contribution in [0.5, 0.6) is 0 Å². The maximum Gasteiger partial charge on any atom is 0.224 e. The predicted octanol–water partition coefficient (Wildman–Crippen LogP) is 2.53. The lowest BCUT2D eigenvalue weighted by Gasteiger charge is -2.28. The van der Waals surface area contributed by atoms with Crippen LogP contribution in [-0.4, -0.2) is 29.2 Å². The Hall–Kier alpha value is -1.88. The van der Waals surface area contributed by atoms with Crippen molar-refractivity contribution in [2.24, 2.45) is 11.8 Å². The van der Waals surface area contributed by atoms with Gasteiger partial charge in [0, 0.05) is 11.8 Å². The van der Waals surface area contributed by atoms with Crippen LogP contribution in [0.1, 0.15) is 26.2 Å². The molecule has 2 unspecified atom stereocenters. The van der Waals surface area contributed by atoms with Gasteiger partial charge in [-0.3, -0.25) is 9.89 Å². The molecular weight excluding hydrogens is 264 g/mol. The van der Waals surface area contributed by atoms with Crippen LogP contribution >= 0.6 is 0 Å². The second-order valence-corrected chi connectivity index (χ2v) is 5.97. The molecule has 3 N–H and O–H groups in total. The first-order valence-corrected chi connectivity index (χ1v) is 7.66. The second kappa shape index (κ2) is 6.26. The molecule has 1 aliphatic rings. The molecule has 0 saturated carbocycles. The maximum atomic E-state index is 12.3. The molecule has 2 atom stereocenters.